The summed E-state index contributed by atoms with van der Waals surface area (Å²) in [6, 6.07) is 11.6. The average Bonchev–Trinajstić information content (AvgIpc) is 3.16. The maximum atomic E-state index is 13.5. The SMILES string of the molecule is CC(O)C1(N2CCN(CCS(=O)C(c3ccc(F)cc3)c3ccc(F)cc3)CC2)OC(=O)C(=O)O1. The van der Waals surface area contributed by atoms with E-state index in [0.29, 0.717) is 49.6 Å². The van der Waals surface area contributed by atoms with Gasteiger partial charge in [-0.1, -0.05) is 24.3 Å². The molecule has 0 aliphatic carbocycles. The Morgan fingerprint density at radius 3 is 1.80 bits per heavy atom. The first-order valence-corrected chi connectivity index (χ1v) is 12.6. The van der Waals surface area contributed by atoms with Crippen molar-refractivity contribution in [2.75, 3.05) is 38.5 Å². The van der Waals surface area contributed by atoms with Gasteiger partial charge in [0.15, 0.2) is 0 Å². The lowest BCUT2D eigenvalue weighted by Gasteiger charge is -2.43. The molecule has 11 heteroatoms. The standard InChI is InChI=1S/C24H26F2N2O6S/c1-16(29)24(33-22(30)23(31)34-24)28-12-10-27(11-13-28)14-15-35(32)21(17-2-6-19(25)7-3-17)18-4-8-20(26)9-5-18/h2-9,16,21,29H,10-15H2,1H3. The second kappa shape index (κ2) is 10.5. The third kappa shape index (κ3) is 5.43. The fourth-order valence-electron chi connectivity index (χ4n) is 4.32. The number of hydrogen-bond acceptors (Lipinski definition) is 8. The summed E-state index contributed by atoms with van der Waals surface area (Å²) >= 11 is 0. The lowest BCUT2D eigenvalue weighted by Crippen LogP contribution is -2.62. The van der Waals surface area contributed by atoms with Crippen LogP contribution >= 0.6 is 0 Å². The van der Waals surface area contributed by atoms with Crippen molar-refractivity contribution in [3.05, 3.63) is 71.3 Å². The van der Waals surface area contributed by atoms with Gasteiger partial charge < -0.3 is 14.6 Å². The van der Waals surface area contributed by atoms with Gasteiger partial charge in [0.25, 0.3) is 0 Å². The van der Waals surface area contributed by atoms with E-state index in [9.17, 15) is 27.7 Å². The molecule has 1 N–H and O–H groups in total. The molecule has 0 amide bonds. The highest BCUT2D eigenvalue weighted by molar-refractivity contribution is 7.85. The molecule has 188 valence electrons. The number of aliphatic hydroxyl groups excluding tert-OH is 1. The Morgan fingerprint density at radius 2 is 1.37 bits per heavy atom. The molecule has 2 aromatic carbocycles. The van der Waals surface area contributed by atoms with Crippen LogP contribution in [0.2, 0.25) is 0 Å². The number of hydrogen-bond donors (Lipinski definition) is 1. The van der Waals surface area contributed by atoms with Gasteiger partial charge in [-0.15, -0.1) is 0 Å². The predicted molar refractivity (Wildman–Crippen MR) is 122 cm³/mol. The van der Waals surface area contributed by atoms with E-state index in [0.717, 1.165) is 0 Å². The lowest BCUT2D eigenvalue weighted by atomic mass is 10.0. The van der Waals surface area contributed by atoms with E-state index in [1.807, 2.05) is 0 Å². The van der Waals surface area contributed by atoms with Crippen molar-refractivity contribution in [2.24, 2.45) is 0 Å². The minimum absolute atomic E-state index is 0.310. The summed E-state index contributed by atoms with van der Waals surface area (Å²) in [5, 5.41) is 9.60. The van der Waals surface area contributed by atoms with Crippen LogP contribution in [0.25, 0.3) is 0 Å². The van der Waals surface area contributed by atoms with Gasteiger partial charge in [-0.2, -0.15) is 0 Å². The van der Waals surface area contributed by atoms with E-state index in [1.54, 1.807) is 29.2 Å². The van der Waals surface area contributed by atoms with Crippen LogP contribution < -0.4 is 0 Å². The molecule has 2 heterocycles. The Hall–Kier alpha value is -2.73. The number of halogens is 2. The van der Waals surface area contributed by atoms with Gasteiger partial charge in [0.05, 0.1) is 5.25 Å². The Kier molecular flexibility index (Phi) is 7.60. The van der Waals surface area contributed by atoms with Crippen molar-refractivity contribution in [1.29, 1.82) is 0 Å². The molecule has 0 bridgehead atoms. The molecule has 0 spiro atoms. The summed E-state index contributed by atoms with van der Waals surface area (Å²) in [6.45, 7) is 3.55. The molecule has 0 saturated carbocycles. The molecule has 0 aromatic heterocycles. The highest BCUT2D eigenvalue weighted by atomic mass is 32.2. The second-order valence-corrected chi connectivity index (χ2v) is 10.1. The molecule has 0 radical (unpaired) electrons. The van der Waals surface area contributed by atoms with Crippen LogP contribution in [0.3, 0.4) is 0 Å². The Bertz CT molecular complexity index is 1030. The first-order valence-electron chi connectivity index (χ1n) is 11.2. The minimum atomic E-state index is -1.83. The predicted octanol–water partition coefficient (Wildman–Crippen LogP) is 1.56. The van der Waals surface area contributed by atoms with Crippen molar-refractivity contribution in [3.8, 4) is 0 Å². The van der Waals surface area contributed by atoms with Crippen LogP contribution in [-0.4, -0.2) is 81.5 Å². The first-order chi connectivity index (χ1) is 16.7. The number of benzene rings is 2. The minimum Gasteiger partial charge on any atom is -0.397 e. The van der Waals surface area contributed by atoms with Crippen LogP contribution in [-0.2, 0) is 29.9 Å². The van der Waals surface area contributed by atoms with Gasteiger partial charge >= 0.3 is 17.8 Å². The van der Waals surface area contributed by atoms with E-state index in [-0.39, 0.29) is 0 Å². The number of cyclic esters (lactones) is 2. The summed E-state index contributed by atoms with van der Waals surface area (Å²) in [5.74, 6) is -4.61. The smallest absolute Gasteiger partial charge is 0.397 e. The molecule has 2 aliphatic heterocycles. The molecule has 2 aromatic rings. The maximum absolute atomic E-state index is 13.5. The lowest BCUT2D eigenvalue weighted by molar-refractivity contribution is -0.294. The fraction of sp³-hybridized carbons (Fsp3) is 0.417. The Labute approximate surface area is 203 Å². The molecule has 2 atom stereocenters. The molecule has 2 fully saturated rings. The van der Waals surface area contributed by atoms with Crippen LogP contribution in [0.5, 0.6) is 0 Å². The van der Waals surface area contributed by atoms with E-state index in [1.165, 1.54) is 31.2 Å². The van der Waals surface area contributed by atoms with Gasteiger partial charge in [0, 0.05) is 49.3 Å². The third-order valence-electron chi connectivity index (χ3n) is 6.20. The third-order valence-corrected chi connectivity index (χ3v) is 7.86. The van der Waals surface area contributed by atoms with Crippen LogP contribution in [0.1, 0.15) is 23.3 Å². The molecular formula is C24H26F2N2O6S. The normalized spacial score (nSPS) is 20.5. The maximum Gasteiger partial charge on any atom is 0.422 e. The summed E-state index contributed by atoms with van der Waals surface area (Å²) in [5.41, 5.74) is 1.34. The molecular weight excluding hydrogens is 482 g/mol. The number of carbonyl (C=O) groups is 2. The van der Waals surface area contributed by atoms with E-state index >= 15 is 0 Å². The summed E-state index contributed by atoms with van der Waals surface area (Å²) < 4.78 is 50.5. The fourth-order valence-corrected chi connectivity index (χ4v) is 5.92. The first kappa shape index (κ1) is 25.4. The van der Waals surface area contributed by atoms with Crippen LogP contribution in [0, 0.1) is 11.6 Å². The topological polar surface area (TPSA) is 96.4 Å². The number of piperazine rings is 1. The zero-order valence-corrected chi connectivity index (χ0v) is 19.9. The highest BCUT2D eigenvalue weighted by Crippen LogP contribution is 2.31. The van der Waals surface area contributed by atoms with Crippen LogP contribution in [0.15, 0.2) is 48.5 Å². The zero-order chi connectivity index (χ0) is 25.2. The van der Waals surface area contributed by atoms with Gasteiger partial charge in [0.2, 0.25) is 0 Å². The second-order valence-electron chi connectivity index (χ2n) is 8.48. The van der Waals surface area contributed by atoms with Gasteiger partial charge in [-0.3, -0.25) is 9.11 Å². The average molecular weight is 509 g/mol. The molecule has 2 unspecified atom stereocenters. The Morgan fingerprint density at radius 1 is 0.914 bits per heavy atom. The van der Waals surface area contributed by atoms with E-state index in [4.69, 9.17) is 9.47 Å². The van der Waals surface area contributed by atoms with Crippen molar-refractivity contribution in [3.63, 3.8) is 0 Å². The summed E-state index contributed by atoms with van der Waals surface area (Å²) in [6.07, 6.45) is -1.25. The molecule has 2 aliphatic rings. The molecule has 2 saturated heterocycles. The molecule has 35 heavy (non-hydrogen) atoms. The largest absolute Gasteiger partial charge is 0.422 e. The molecule has 4 rings (SSSR count). The van der Waals surface area contributed by atoms with Gasteiger partial charge in [-0.05, 0) is 42.3 Å². The number of carbonyl (C=O) groups excluding carboxylic acids is 2. The number of esters is 2. The number of aliphatic hydroxyl groups is 1. The van der Waals surface area contributed by atoms with Crippen molar-refractivity contribution < 1.29 is 37.2 Å². The quantitative estimate of drug-likeness (QED) is 0.424. The van der Waals surface area contributed by atoms with Gasteiger partial charge in [-0.25, -0.2) is 23.3 Å². The summed E-state index contributed by atoms with van der Waals surface area (Å²) in [7, 11) is -1.39. The van der Waals surface area contributed by atoms with E-state index in [2.05, 4.69) is 4.90 Å². The van der Waals surface area contributed by atoms with E-state index < -0.39 is 51.6 Å². The molecule has 8 nitrogen and oxygen atoms in total. The highest BCUT2D eigenvalue weighted by Gasteiger charge is 2.57. The number of rotatable bonds is 8. The summed E-state index contributed by atoms with van der Waals surface area (Å²) in [4.78, 5) is 26.9. The van der Waals surface area contributed by atoms with Crippen molar-refractivity contribution in [2.45, 2.75) is 24.2 Å². The number of nitrogens with zero attached hydrogens (tertiary/aromatic N) is 2. The Balaban J connectivity index is 1.40. The number of ether oxygens (including phenoxy) is 2. The van der Waals surface area contributed by atoms with Gasteiger partial charge in [0.1, 0.15) is 17.7 Å². The zero-order valence-electron chi connectivity index (χ0n) is 19.1. The van der Waals surface area contributed by atoms with Crippen molar-refractivity contribution >= 4 is 22.7 Å². The van der Waals surface area contributed by atoms with Crippen molar-refractivity contribution in [1.82, 2.24) is 9.80 Å². The monoisotopic (exact) mass is 508 g/mol. The van der Waals surface area contributed by atoms with Crippen LogP contribution in [0.4, 0.5) is 8.78 Å².